The maximum absolute atomic E-state index is 12.4. The number of carbonyl (C=O) groups is 2. The molecule has 1 aliphatic heterocycles. The summed E-state index contributed by atoms with van der Waals surface area (Å²) in [5.41, 5.74) is 2.80. The number of aryl methyl sites for hydroxylation is 1. The Balaban J connectivity index is 1.49. The molecule has 2 amide bonds. The molecule has 0 bridgehead atoms. The van der Waals surface area contributed by atoms with Crippen LogP contribution in [0.4, 0.5) is 5.69 Å². The highest BCUT2D eigenvalue weighted by atomic mass is 35.5. The number of thioether (sulfide) groups is 1. The molecule has 0 saturated heterocycles. The number of nitrogens with one attached hydrogen (secondary N) is 2. The molecule has 0 saturated carbocycles. The molecule has 0 aliphatic carbocycles. The third-order valence-corrected chi connectivity index (χ3v) is 6.02. The number of hydrogen-bond donors (Lipinski definition) is 2. The van der Waals surface area contributed by atoms with Crippen molar-refractivity contribution in [2.75, 3.05) is 11.1 Å². The van der Waals surface area contributed by atoms with Crippen molar-refractivity contribution >= 4 is 52.5 Å². The predicted octanol–water partition coefficient (Wildman–Crippen LogP) is 4.30. The Kier molecular flexibility index (Phi) is 6.46. The summed E-state index contributed by atoms with van der Waals surface area (Å²) in [6, 6.07) is 13.0. The van der Waals surface area contributed by atoms with Crippen LogP contribution >= 0.6 is 35.0 Å². The van der Waals surface area contributed by atoms with Crippen LogP contribution in [0.25, 0.3) is 0 Å². The largest absolute Gasteiger partial charge is 0.351 e. The molecule has 1 heterocycles. The zero-order valence-corrected chi connectivity index (χ0v) is 16.3. The lowest BCUT2D eigenvalue weighted by Gasteiger charge is -2.13. The first-order chi connectivity index (χ1) is 12.5. The van der Waals surface area contributed by atoms with E-state index in [1.165, 1.54) is 11.8 Å². The van der Waals surface area contributed by atoms with E-state index in [0.717, 1.165) is 23.2 Å². The van der Waals surface area contributed by atoms with Gasteiger partial charge in [0.2, 0.25) is 11.8 Å². The second kappa shape index (κ2) is 8.80. The summed E-state index contributed by atoms with van der Waals surface area (Å²) in [5, 5.41) is 6.61. The SMILES string of the molecule is O=C(CS[C@H]1CCc2ccccc2NC1=O)NCc1ccc(Cl)cc1Cl. The van der Waals surface area contributed by atoms with Crippen LogP contribution in [0.1, 0.15) is 17.5 Å². The summed E-state index contributed by atoms with van der Waals surface area (Å²) < 4.78 is 0. The minimum atomic E-state index is -0.243. The van der Waals surface area contributed by atoms with E-state index in [0.29, 0.717) is 23.0 Å². The van der Waals surface area contributed by atoms with Gasteiger partial charge in [-0.15, -0.1) is 11.8 Å². The smallest absolute Gasteiger partial charge is 0.237 e. The molecule has 7 heteroatoms. The quantitative estimate of drug-likeness (QED) is 0.775. The Labute approximate surface area is 166 Å². The highest BCUT2D eigenvalue weighted by Crippen LogP contribution is 2.27. The Bertz CT molecular complexity index is 829. The maximum atomic E-state index is 12.4. The summed E-state index contributed by atoms with van der Waals surface area (Å²) in [4.78, 5) is 24.5. The normalized spacial score (nSPS) is 16.4. The summed E-state index contributed by atoms with van der Waals surface area (Å²) in [5.74, 6) is 0.0451. The number of halogens is 2. The highest BCUT2D eigenvalue weighted by Gasteiger charge is 2.24. The number of anilines is 1. The van der Waals surface area contributed by atoms with Gasteiger partial charge in [-0.25, -0.2) is 0 Å². The number of hydrogen-bond acceptors (Lipinski definition) is 3. The van der Waals surface area contributed by atoms with Crippen molar-refractivity contribution in [2.45, 2.75) is 24.6 Å². The van der Waals surface area contributed by atoms with Gasteiger partial charge < -0.3 is 10.6 Å². The van der Waals surface area contributed by atoms with Crippen LogP contribution in [0.3, 0.4) is 0 Å². The minimum Gasteiger partial charge on any atom is -0.351 e. The molecule has 2 N–H and O–H groups in total. The van der Waals surface area contributed by atoms with Crippen molar-refractivity contribution < 1.29 is 9.59 Å². The van der Waals surface area contributed by atoms with Gasteiger partial charge in [0.05, 0.1) is 11.0 Å². The summed E-state index contributed by atoms with van der Waals surface area (Å²) in [6.45, 7) is 0.331. The zero-order chi connectivity index (χ0) is 18.5. The number of benzene rings is 2. The Morgan fingerprint density at radius 3 is 2.85 bits per heavy atom. The van der Waals surface area contributed by atoms with E-state index in [4.69, 9.17) is 23.2 Å². The molecule has 3 rings (SSSR count). The first-order valence-corrected chi connectivity index (χ1v) is 10.0. The first-order valence-electron chi connectivity index (χ1n) is 8.24. The molecule has 26 heavy (non-hydrogen) atoms. The summed E-state index contributed by atoms with van der Waals surface area (Å²) >= 11 is 13.3. The fourth-order valence-corrected chi connectivity index (χ4v) is 4.16. The van der Waals surface area contributed by atoms with Crippen molar-refractivity contribution in [1.29, 1.82) is 0 Å². The van der Waals surface area contributed by atoms with Crippen molar-refractivity contribution in [1.82, 2.24) is 5.32 Å². The Hall–Kier alpha value is -1.69. The number of amides is 2. The molecule has 1 atom stereocenters. The summed E-state index contributed by atoms with van der Waals surface area (Å²) in [6.07, 6.45) is 1.53. The van der Waals surface area contributed by atoms with E-state index in [2.05, 4.69) is 10.6 Å². The second-order valence-corrected chi connectivity index (χ2v) is 8.03. The molecule has 0 spiro atoms. The van der Waals surface area contributed by atoms with Crippen LogP contribution in [0.15, 0.2) is 42.5 Å². The molecule has 136 valence electrons. The van der Waals surface area contributed by atoms with Gasteiger partial charge in [0.25, 0.3) is 0 Å². The van der Waals surface area contributed by atoms with Crippen molar-refractivity contribution in [2.24, 2.45) is 0 Å². The van der Waals surface area contributed by atoms with Crippen molar-refractivity contribution in [3.05, 3.63) is 63.6 Å². The molecule has 2 aromatic carbocycles. The van der Waals surface area contributed by atoms with Gasteiger partial charge in [0, 0.05) is 22.3 Å². The van der Waals surface area contributed by atoms with Gasteiger partial charge in [-0.1, -0.05) is 47.5 Å². The average Bonchev–Trinajstić information content (AvgIpc) is 2.77. The highest BCUT2D eigenvalue weighted by molar-refractivity contribution is 8.01. The molecule has 0 radical (unpaired) electrons. The molecule has 4 nitrogen and oxygen atoms in total. The van der Waals surface area contributed by atoms with Gasteiger partial charge >= 0.3 is 0 Å². The van der Waals surface area contributed by atoms with E-state index in [1.54, 1.807) is 18.2 Å². The van der Waals surface area contributed by atoms with E-state index < -0.39 is 0 Å². The second-order valence-electron chi connectivity index (χ2n) is 6.00. The third kappa shape index (κ3) is 4.93. The number of rotatable bonds is 5. The molecule has 1 aliphatic rings. The topological polar surface area (TPSA) is 58.2 Å². The molecule has 0 fully saturated rings. The van der Waals surface area contributed by atoms with E-state index >= 15 is 0 Å². The van der Waals surface area contributed by atoms with Crippen LogP contribution in [-0.2, 0) is 22.6 Å². The van der Waals surface area contributed by atoms with Crippen LogP contribution in [0.2, 0.25) is 10.0 Å². The Morgan fingerprint density at radius 2 is 2.04 bits per heavy atom. The van der Waals surface area contributed by atoms with Gasteiger partial charge in [0.1, 0.15) is 0 Å². The van der Waals surface area contributed by atoms with E-state index in [9.17, 15) is 9.59 Å². The fraction of sp³-hybridized carbons (Fsp3) is 0.263. The molecule has 0 aromatic heterocycles. The van der Waals surface area contributed by atoms with Crippen molar-refractivity contribution in [3.8, 4) is 0 Å². The lowest BCUT2D eigenvalue weighted by Crippen LogP contribution is -2.29. The van der Waals surface area contributed by atoms with Gasteiger partial charge in [-0.2, -0.15) is 0 Å². The van der Waals surface area contributed by atoms with Gasteiger partial charge in [-0.05, 0) is 42.2 Å². The molecular weight excluding hydrogens is 391 g/mol. The molecule has 0 unspecified atom stereocenters. The average molecular weight is 409 g/mol. The standard InChI is InChI=1S/C19H18Cl2N2O2S/c20-14-7-5-13(15(21)9-14)10-22-18(24)11-26-17-8-6-12-3-1-2-4-16(12)23-19(17)25/h1-5,7,9,17H,6,8,10-11H2,(H,22,24)(H,23,25)/t17-/m0/s1. The molecule has 2 aromatic rings. The van der Waals surface area contributed by atoms with Crippen LogP contribution in [-0.4, -0.2) is 22.8 Å². The minimum absolute atomic E-state index is 0.0477. The zero-order valence-electron chi connectivity index (χ0n) is 13.9. The third-order valence-electron chi connectivity index (χ3n) is 4.15. The Morgan fingerprint density at radius 1 is 1.23 bits per heavy atom. The number of carbonyl (C=O) groups excluding carboxylic acids is 2. The maximum Gasteiger partial charge on any atom is 0.237 e. The van der Waals surface area contributed by atoms with E-state index in [1.807, 2.05) is 24.3 Å². The molecular formula is C19H18Cl2N2O2S. The fourth-order valence-electron chi connectivity index (χ4n) is 2.74. The number of para-hydroxylation sites is 1. The summed E-state index contributed by atoms with van der Waals surface area (Å²) in [7, 11) is 0. The lowest BCUT2D eigenvalue weighted by molar-refractivity contribution is -0.118. The monoisotopic (exact) mass is 408 g/mol. The van der Waals surface area contributed by atoms with Crippen molar-refractivity contribution in [3.63, 3.8) is 0 Å². The van der Waals surface area contributed by atoms with Crippen LogP contribution in [0, 0.1) is 0 Å². The lowest BCUT2D eigenvalue weighted by atomic mass is 10.1. The van der Waals surface area contributed by atoms with Gasteiger partial charge in [-0.3, -0.25) is 9.59 Å². The first kappa shape index (κ1) is 19.1. The van der Waals surface area contributed by atoms with Crippen LogP contribution < -0.4 is 10.6 Å². The van der Waals surface area contributed by atoms with E-state index in [-0.39, 0.29) is 22.8 Å². The van der Waals surface area contributed by atoms with Gasteiger partial charge in [0.15, 0.2) is 0 Å². The van der Waals surface area contributed by atoms with Crippen LogP contribution in [0.5, 0.6) is 0 Å². The predicted molar refractivity (Wildman–Crippen MR) is 108 cm³/mol. The number of fused-ring (bicyclic) bond motifs is 1.